The number of ether oxygens (including phenoxy) is 4. The minimum absolute atomic E-state index is 0.727. The van der Waals surface area contributed by atoms with Gasteiger partial charge in [-0.2, -0.15) is 140 Å². The Hall–Kier alpha value is -2.73. The topological polar surface area (TPSA) is 54.0 Å². The summed E-state index contributed by atoms with van der Waals surface area (Å²) >= 11 is 0. The number of carbonyl (C=O) groups excluding carboxylic acids is 1. The van der Waals surface area contributed by atoms with Crippen molar-refractivity contribution in [2.24, 2.45) is 0 Å². The summed E-state index contributed by atoms with van der Waals surface area (Å²) in [5.41, 5.74) is 0. The van der Waals surface area contributed by atoms with Crippen LogP contribution in [0.3, 0.4) is 0 Å². The molecule has 0 heterocycles. The Morgan fingerprint density at radius 2 is 0.509 bits per heavy atom. The molecule has 0 saturated heterocycles. The van der Waals surface area contributed by atoms with Gasteiger partial charge in [0.15, 0.2) is 0 Å². The molecule has 0 N–H and O–H groups in total. The van der Waals surface area contributed by atoms with Crippen LogP contribution in [-0.4, -0.2) is 96.6 Å². The fraction of sp³-hybridized carbons (Fsp3) is 0.938. The van der Waals surface area contributed by atoms with Crippen molar-refractivity contribution in [2.75, 3.05) is 0 Å². The van der Waals surface area contributed by atoms with Gasteiger partial charge in [-0.3, -0.25) is 23.7 Å². The van der Waals surface area contributed by atoms with E-state index in [9.17, 15) is 145 Å². The van der Waals surface area contributed by atoms with Crippen molar-refractivity contribution >= 4 is 6.04 Å². The van der Waals surface area contributed by atoms with Crippen LogP contribution in [0.5, 0.6) is 0 Å². The van der Waals surface area contributed by atoms with Crippen LogP contribution >= 0.6 is 0 Å². The van der Waals surface area contributed by atoms with Gasteiger partial charge >= 0.3 is 96.6 Å². The van der Waals surface area contributed by atoms with Gasteiger partial charge in [-0.05, 0) is 0 Å². The first-order valence-corrected chi connectivity index (χ1v) is 10.6. The molecule has 0 saturated carbocycles. The van der Waals surface area contributed by atoms with E-state index in [0.717, 1.165) is 18.9 Å². The van der Waals surface area contributed by atoms with Crippen molar-refractivity contribution < 1.29 is 164 Å². The maximum absolute atomic E-state index is 14.4. The number of hydrogen-bond donors (Lipinski definition) is 0. The molecular formula is C16F32O5. The Balaban J connectivity index is 7.78. The van der Waals surface area contributed by atoms with E-state index in [1.54, 1.807) is 0 Å². The van der Waals surface area contributed by atoms with E-state index in [0.29, 0.717) is 0 Å². The molecule has 0 radical (unpaired) electrons. The van der Waals surface area contributed by atoms with Gasteiger partial charge in [0.1, 0.15) is 0 Å². The van der Waals surface area contributed by atoms with Crippen LogP contribution in [0.25, 0.3) is 0 Å². The molecule has 0 rings (SSSR count). The zero-order chi connectivity index (χ0) is 43.9. The van der Waals surface area contributed by atoms with Gasteiger partial charge in [-0.1, -0.05) is 0 Å². The second kappa shape index (κ2) is 12.9. The lowest BCUT2D eigenvalue weighted by atomic mass is 10.1. The Bertz CT molecular complexity index is 1320. The molecule has 53 heavy (non-hydrogen) atoms. The molecule has 0 aliphatic heterocycles. The Labute approximate surface area is 262 Å². The van der Waals surface area contributed by atoms with Crippen molar-refractivity contribution in [2.45, 2.75) is 90.6 Å². The lowest BCUT2D eigenvalue weighted by molar-refractivity contribution is -0.592. The van der Waals surface area contributed by atoms with E-state index < -0.39 is 96.6 Å². The van der Waals surface area contributed by atoms with Gasteiger partial charge in [0.05, 0.1) is 0 Å². The number of alkyl halides is 31. The molecule has 0 fully saturated rings. The molecule has 0 aliphatic rings. The van der Waals surface area contributed by atoms with E-state index in [2.05, 4.69) is 0 Å². The quantitative estimate of drug-likeness (QED) is 0.129. The Morgan fingerprint density at radius 1 is 0.283 bits per heavy atom. The third kappa shape index (κ3) is 8.01. The molecule has 37 heteroatoms. The highest BCUT2D eigenvalue weighted by molar-refractivity contribution is 5.77. The summed E-state index contributed by atoms with van der Waals surface area (Å²) in [6, 6.07) is -5.22. The summed E-state index contributed by atoms with van der Waals surface area (Å²) in [5, 5.41) is 0. The number of carbonyl (C=O) groups is 1. The van der Waals surface area contributed by atoms with E-state index in [1.165, 1.54) is 0 Å². The van der Waals surface area contributed by atoms with E-state index in [-0.39, 0.29) is 0 Å². The average Bonchev–Trinajstić information content (AvgIpc) is 2.83. The van der Waals surface area contributed by atoms with Crippen molar-refractivity contribution in [1.29, 1.82) is 0 Å². The highest BCUT2D eigenvalue weighted by Crippen LogP contribution is 2.62. The molecule has 318 valence electrons. The van der Waals surface area contributed by atoms with Crippen LogP contribution in [0, 0.1) is 0 Å². The second-order valence-corrected chi connectivity index (χ2v) is 8.77. The van der Waals surface area contributed by atoms with E-state index in [4.69, 9.17) is 0 Å². The average molecular weight is 880 g/mol. The van der Waals surface area contributed by atoms with Crippen molar-refractivity contribution in [3.8, 4) is 0 Å². The predicted octanol–water partition coefficient (Wildman–Crippen LogP) is 9.67. The van der Waals surface area contributed by atoms with Gasteiger partial charge in [0, 0.05) is 0 Å². The third-order valence-corrected chi connectivity index (χ3v) is 5.03. The summed E-state index contributed by atoms with van der Waals surface area (Å²) in [6.07, 6.45) is -79.4. The third-order valence-electron chi connectivity index (χ3n) is 5.03. The zero-order valence-corrected chi connectivity index (χ0v) is 22.1. The zero-order valence-electron chi connectivity index (χ0n) is 22.1. The van der Waals surface area contributed by atoms with Crippen LogP contribution in [-0.2, 0) is 23.7 Å². The van der Waals surface area contributed by atoms with Gasteiger partial charge in [-0.15, -0.1) is 0 Å². The highest BCUT2D eigenvalue weighted by Gasteiger charge is 2.91. The van der Waals surface area contributed by atoms with Crippen LogP contribution in [0.4, 0.5) is 140 Å². The van der Waals surface area contributed by atoms with E-state index >= 15 is 0 Å². The molecule has 0 spiro atoms. The molecule has 0 aromatic carbocycles. The number of halogens is 32. The standard InChI is InChI=1S/C16F32O5/c17-1(49)2(18,8(26,27)28)50-14(43,44)5(23,10(32,33)34)52-16(47,48)7(25,12(38,39)40)53-15(45,46)6(24,11(35,36)37)51-13(41,42)4(21,22)3(19,20)9(29,30)31. The molecule has 0 aromatic heterocycles. The van der Waals surface area contributed by atoms with Crippen LogP contribution in [0.15, 0.2) is 0 Å². The van der Waals surface area contributed by atoms with Gasteiger partial charge in [0.2, 0.25) is 0 Å². The smallest absolute Gasteiger partial charge is 0.263 e. The molecule has 5 nitrogen and oxygen atoms in total. The fourth-order valence-electron chi connectivity index (χ4n) is 2.38. The predicted molar refractivity (Wildman–Crippen MR) is 85.8 cm³/mol. The normalized spacial score (nSPS) is 20.3. The number of hydrogen-bond acceptors (Lipinski definition) is 5. The SMILES string of the molecule is O=C(F)C(F)(OC(F)(F)C(F)(OC(F)(F)C(F)(OC(F)(F)C(F)(OC(F)(F)C(F)(F)C(F)(F)C(F)(F)F)C(F)(F)F)C(F)(F)F)C(F)(F)F)C(F)(F)F. The van der Waals surface area contributed by atoms with Gasteiger partial charge in [-0.25, -0.2) is 0 Å². The first-order valence-electron chi connectivity index (χ1n) is 10.6. The maximum Gasteiger partial charge on any atom is 0.460 e. The lowest BCUT2D eigenvalue weighted by Gasteiger charge is -2.44. The van der Waals surface area contributed by atoms with Gasteiger partial charge < -0.3 is 0 Å². The molecule has 4 atom stereocenters. The molecule has 0 bridgehead atoms. The summed E-state index contributed by atoms with van der Waals surface area (Å²) in [4.78, 5) is 10.1. The second-order valence-electron chi connectivity index (χ2n) is 8.77. The number of rotatable bonds is 14. The molecular weight excluding hydrogens is 880 g/mol. The molecule has 0 amide bonds. The monoisotopic (exact) mass is 880 g/mol. The molecule has 0 aromatic rings. The fourth-order valence-corrected chi connectivity index (χ4v) is 2.38. The minimum Gasteiger partial charge on any atom is -0.263 e. The molecule has 0 aliphatic carbocycles. The highest BCUT2D eigenvalue weighted by atomic mass is 19.4. The lowest BCUT2D eigenvalue weighted by Crippen LogP contribution is -2.72. The summed E-state index contributed by atoms with van der Waals surface area (Å²) < 4.78 is 425. The van der Waals surface area contributed by atoms with Crippen LogP contribution in [0.1, 0.15) is 0 Å². The largest absolute Gasteiger partial charge is 0.460 e. The Kier molecular flexibility index (Phi) is 12.3. The first-order chi connectivity index (χ1) is 22.3. The van der Waals surface area contributed by atoms with Crippen molar-refractivity contribution in [3.63, 3.8) is 0 Å². The minimum atomic E-state index is -9.41. The van der Waals surface area contributed by atoms with E-state index in [1.807, 2.05) is 0 Å². The Morgan fingerprint density at radius 3 is 0.698 bits per heavy atom. The summed E-state index contributed by atoms with van der Waals surface area (Å²) in [7, 11) is 0. The van der Waals surface area contributed by atoms with Crippen molar-refractivity contribution in [3.05, 3.63) is 0 Å². The first kappa shape index (κ1) is 50.3. The molecule has 4 unspecified atom stereocenters. The van der Waals surface area contributed by atoms with Crippen molar-refractivity contribution in [1.82, 2.24) is 0 Å². The summed E-state index contributed by atoms with van der Waals surface area (Å²) in [6.45, 7) is 0. The maximum atomic E-state index is 14.4. The van der Waals surface area contributed by atoms with Crippen LogP contribution in [0.2, 0.25) is 0 Å². The van der Waals surface area contributed by atoms with Crippen LogP contribution < -0.4 is 0 Å². The van der Waals surface area contributed by atoms with Gasteiger partial charge in [0.25, 0.3) is 0 Å². The summed E-state index contributed by atoms with van der Waals surface area (Å²) in [5.74, 6) is -53.2.